The molecular weight excluding hydrogens is 190 g/mol. The van der Waals surface area contributed by atoms with Crippen LogP contribution in [0, 0.1) is 11.3 Å². The number of nitriles is 1. The number of fused-ring (bicyclic) bond motifs is 1. The van der Waals surface area contributed by atoms with E-state index in [2.05, 4.69) is 10.1 Å². The number of hydrogen-bond donors (Lipinski definition) is 0. The number of hydrogen-bond acceptors (Lipinski definition) is 3. The predicted molar refractivity (Wildman–Crippen MR) is 42.7 cm³/mol. The molecule has 0 saturated carbocycles. The normalized spacial score (nSPS) is 10.7. The lowest BCUT2D eigenvalue weighted by Gasteiger charge is -1.98. The van der Waals surface area contributed by atoms with Crippen LogP contribution >= 0.6 is 0 Å². The van der Waals surface area contributed by atoms with Crippen LogP contribution in [0.5, 0.6) is 0 Å². The van der Waals surface area contributed by atoms with E-state index in [0.29, 0.717) is 0 Å². The summed E-state index contributed by atoms with van der Waals surface area (Å²) < 4.78 is 25.6. The first-order valence-corrected chi connectivity index (χ1v) is 3.74. The maximum atomic E-state index is 12.2. The summed E-state index contributed by atoms with van der Waals surface area (Å²) >= 11 is 0. The molecule has 0 bridgehead atoms. The number of nitrogens with zero attached hydrogens (tertiary/aromatic N) is 4. The fourth-order valence-corrected chi connectivity index (χ4v) is 1.08. The monoisotopic (exact) mass is 194 g/mol. The summed E-state index contributed by atoms with van der Waals surface area (Å²) in [5, 5.41) is 12.3. The maximum absolute atomic E-state index is 12.2. The molecule has 0 aliphatic carbocycles. The molecule has 0 N–H and O–H groups in total. The van der Waals surface area contributed by atoms with E-state index in [4.69, 9.17) is 5.26 Å². The van der Waals surface area contributed by atoms with Gasteiger partial charge < -0.3 is 0 Å². The third-order valence-electron chi connectivity index (χ3n) is 1.75. The molecule has 0 aliphatic heterocycles. The van der Waals surface area contributed by atoms with Gasteiger partial charge in [0.05, 0.1) is 11.8 Å². The van der Waals surface area contributed by atoms with Gasteiger partial charge in [-0.15, -0.1) is 0 Å². The molecule has 70 valence electrons. The van der Waals surface area contributed by atoms with Gasteiger partial charge in [-0.25, -0.2) is 18.3 Å². The highest BCUT2D eigenvalue weighted by atomic mass is 19.3. The first-order chi connectivity index (χ1) is 6.72. The van der Waals surface area contributed by atoms with Gasteiger partial charge in [-0.3, -0.25) is 0 Å². The van der Waals surface area contributed by atoms with Gasteiger partial charge in [0.1, 0.15) is 11.6 Å². The van der Waals surface area contributed by atoms with Gasteiger partial charge in [0.15, 0.2) is 5.65 Å². The second kappa shape index (κ2) is 3.03. The highest BCUT2D eigenvalue weighted by molar-refractivity contribution is 5.53. The van der Waals surface area contributed by atoms with E-state index in [9.17, 15) is 8.78 Å². The summed E-state index contributed by atoms with van der Waals surface area (Å²) in [4.78, 5) is 3.73. The first kappa shape index (κ1) is 8.56. The molecule has 0 unspecified atom stereocenters. The zero-order chi connectivity index (χ0) is 10.1. The SMILES string of the molecule is N#Cc1cnn2cc(C(F)F)cnc12. The van der Waals surface area contributed by atoms with Crippen molar-refractivity contribution in [1.82, 2.24) is 14.6 Å². The molecule has 0 spiro atoms. The summed E-state index contributed by atoms with van der Waals surface area (Å²) in [6.07, 6.45) is 0.912. The lowest BCUT2D eigenvalue weighted by molar-refractivity contribution is 0.150. The molecule has 2 aromatic heterocycles. The smallest absolute Gasteiger partial charge is 0.235 e. The van der Waals surface area contributed by atoms with Crippen molar-refractivity contribution in [3.8, 4) is 6.07 Å². The van der Waals surface area contributed by atoms with E-state index >= 15 is 0 Å². The molecule has 0 radical (unpaired) electrons. The van der Waals surface area contributed by atoms with Gasteiger partial charge in [-0.2, -0.15) is 10.4 Å². The Morgan fingerprint density at radius 3 is 2.86 bits per heavy atom. The number of halogens is 2. The van der Waals surface area contributed by atoms with Crippen molar-refractivity contribution in [3.05, 3.63) is 29.7 Å². The second-order valence-corrected chi connectivity index (χ2v) is 2.63. The van der Waals surface area contributed by atoms with Crippen molar-refractivity contribution in [3.63, 3.8) is 0 Å². The summed E-state index contributed by atoms with van der Waals surface area (Å²) in [5.74, 6) is 0. The van der Waals surface area contributed by atoms with Crippen molar-refractivity contribution < 1.29 is 8.78 Å². The Morgan fingerprint density at radius 2 is 2.21 bits per heavy atom. The lowest BCUT2D eigenvalue weighted by Crippen LogP contribution is -1.95. The van der Waals surface area contributed by atoms with Gasteiger partial charge in [0.25, 0.3) is 6.43 Å². The van der Waals surface area contributed by atoms with Crippen LogP contribution in [0.25, 0.3) is 5.65 Å². The van der Waals surface area contributed by atoms with Gasteiger partial charge in [-0.1, -0.05) is 0 Å². The maximum Gasteiger partial charge on any atom is 0.266 e. The zero-order valence-electron chi connectivity index (χ0n) is 6.85. The summed E-state index contributed by atoms with van der Waals surface area (Å²) in [6.45, 7) is 0. The topological polar surface area (TPSA) is 54.0 Å². The van der Waals surface area contributed by atoms with Crippen LogP contribution in [0.15, 0.2) is 18.6 Å². The standard InChI is InChI=1S/C8H4F2N4/c9-7(10)6-2-12-8-5(1-11)3-13-14(8)4-6/h2-4,7H. The van der Waals surface area contributed by atoms with Crippen LogP contribution in [-0.2, 0) is 0 Å². The van der Waals surface area contributed by atoms with E-state index in [1.807, 2.05) is 6.07 Å². The molecule has 2 aromatic rings. The Morgan fingerprint density at radius 1 is 1.43 bits per heavy atom. The minimum Gasteiger partial charge on any atom is -0.235 e. The Kier molecular flexibility index (Phi) is 1.85. The van der Waals surface area contributed by atoms with Crippen LogP contribution in [0.3, 0.4) is 0 Å². The van der Waals surface area contributed by atoms with Gasteiger partial charge >= 0.3 is 0 Å². The van der Waals surface area contributed by atoms with E-state index in [-0.39, 0.29) is 16.8 Å². The molecule has 0 fully saturated rings. The van der Waals surface area contributed by atoms with E-state index in [0.717, 1.165) is 12.4 Å². The van der Waals surface area contributed by atoms with Crippen molar-refractivity contribution in [2.24, 2.45) is 0 Å². The molecule has 14 heavy (non-hydrogen) atoms. The van der Waals surface area contributed by atoms with Crippen LogP contribution in [0.4, 0.5) is 8.78 Å². The molecule has 2 rings (SSSR count). The lowest BCUT2D eigenvalue weighted by atomic mass is 10.3. The van der Waals surface area contributed by atoms with Crippen LogP contribution < -0.4 is 0 Å². The Labute approximate surface area is 77.4 Å². The quantitative estimate of drug-likeness (QED) is 0.691. The van der Waals surface area contributed by atoms with Crippen LogP contribution in [0.2, 0.25) is 0 Å². The molecule has 0 atom stereocenters. The highest BCUT2D eigenvalue weighted by Crippen LogP contribution is 2.18. The molecular formula is C8H4F2N4. The molecule has 2 heterocycles. The van der Waals surface area contributed by atoms with Gasteiger partial charge in [0.2, 0.25) is 0 Å². The third-order valence-corrected chi connectivity index (χ3v) is 1.75. The van der Waals surface area contributed by atoms with Crippen molar-refractivity contribution in [2.45, 2.75) is 6.43 Å². The molecule has 0 amide bonds. The summed E-state index contributed by atoms with van der Waals surface area (Å²) in [6, 6.07) is 1.87. The minimum absolute atomic E-state index is 0.218. The van der Waals surface area contributed by atoms with E-state index in [1.54, 1.807) is 0 Å². The van der Waals surface area contributed by atoms with E-state index in [1.165, 1.54) is 10.7 Å². The van der Waals surface area contributed by atoms with Crippen LogP contribution in [-0.4, -0.2) is 14.6 Å². The van der Waals surface area contributed by atoms with Gasteiger partial charge in [0, 0.05) is 12.4 Å². The number of rotatable bonds is 1. The van der Waals surface area contributed by atoms with Gasteiger partial charge in [-0.05, 0) is 0 Å². The molecule has 0 aliphatic rings. The zero-order valence-corrected chi connectivity index (χ0v) is 6.85. The number of aromatic nitrogens is 3. The molecule has 0 saturated heterocycles. The highest BCUT2D eigenvalue weighted by Gasteiger charge is 2.10. The number of alkyl halides is 2. The molecule has 6 heteroatoms. The van der Waals surface area contributed by atoms with Crippen molar-refractivity contribution in [2.75, 3.05) is 0 Å². The minimum atomic E-state index is -2.58. The fraction of sp³-hybridized carbons (Fsp3) is 0.125. The Hall–Kier alpha value is -2.03. The second-order valence-electron chi connectivity index (χ2n) is 2.63. The van der Waals surface area contributed by atoms with Crippen molar-refractivity contribution in [1.29, 1.82) is 5.26 Å². The fourth-order valence-electron chi connectivity index (χ4n) is 1.08. The van der Waals surface area contributed by atoms with Crippen LogP contribution in [0.1, 0.15) is 17.6 Å². The Bertz CT molecular complexity index is 512. The summed E-state index contributed by atoms with van der Waals surface area (Å²) in [5.41, 5.74) is 0.341. The molecule has 4 nitrogen and oxygen atoms in total. The summed E-state index contributed by atoms with van der Waals surface area (Å²) in [7, 11) is 0. The average Bonchev–Trinajstić information content (AvgIpc) is 2.59. The predicted octanol–water partition coefficient (Wildman–Crippen LogP) is 1.54. The van der Waals surface area contributed by atoms with E-state index < -0.39 is 6.43 Å². The third kappa shape index (κ3) is 1.19. The largest absolute Gasteiger partial charge is 0.266 e. The first-order valence-electron chi connectivity index (χ1n) is 3.74. The van der Waals surface area contributed by atoms with Crippen molar-refractivity contribution >= 4 is 5.65 Å². The Balaban J connectivity index is 2.64. The average molecular weight is 194 g/mol. The molecule has 0 aromatic carbocycles.